The number of benzene rings is 3. The first-order valence-corrected chi connectivity index (χ1v) is 14.0. The Kier molecular flexibility index (Phi) is 10.4. The van der Waals surface area contributed by atoms with Crippen molar-refractivity contribution in [3.8, 4) is 11.4 Å². The van der Waals surface area contributed by atoms with Gasteiger partial charge < -0.3 is 4.74 Å². The van der Waals surface area contributed by atoms with Crippen LogP contribution in [0.15, 0.2) is 78.9 Å². The summed E-state index contributed by atoms with van der Waals surface area (Å²) < 4.78 is 47.1. The third-order valence-electron chi connectivity index (χ3n) is 8.63. The number of hydrogen-bond donors (Lipinski definition) is 0. The van der Waals surface area contributed by atoms with Gasteiger partial charge in [-0.25, -0.2) is 0 Å². The minimum absolute atomic E-state index is 0. The number of tetrazole rings is 1. The second kappa shape index (κ2) is 13.6. The van der Waals surface area contributed by atoms with Gasteiger partial charge in [0, 0.05) is 42.7 Å². The average molecular weight is 636 g/mol. The maximum atomic E-state index is 13.6. The van der Waals surface area contributed by atoms with Crippen molar-refractivity contribution in [1.29, 1.82) is 0 Å². The molecule has 0 spiro atoms. The van der Waals surface area contributed by atoms with Crippen molar-refractivity contribution in [2.24, 2.45) is 0 Å². The van der Waals surface area contributed by atoms with Gasteiger partial charge in [-0.05, 0) is 66.1 Å². The fourth-order valence-corrected chi connectivity index (χ4v) is 6.74. The van der Waals surface area contributed by atoms with Crippen molar-refractivity contribution in [3.63, 3.8) is 0 Å². The van der Waals surface area contributed by atoms with Gasteiger partial charge in [-0.3, -0.25) is 9.80 Å². The summed E-state index contributed by atoms with van der Waals surface area (Å²) in [5, 5.41) is 10.1. The van der Waals surface area contributed by atoms with Gasteiger partial charge in [0.05, 0.1) is 12.8 Å². The van der Waals surface area contributed by atoms with Crippen molar-refractivity contribution in [2.45, 2.75) is 56.5 Å². The van der Waals surface area contributed by atoms with E-state index in [0.29, 0.717) is 18.3 Å². The molecule has 7 nitrogen and oxygen atoms in total. The van der Waals surface area contributed by atoms with E-state index in [1.807, 2.05) is 12.1 Å². The maximum Gasteiger partial charge on any atom is 0.453 e. The predicted octanol–water partition coefficient (Wildman–Crippen LogP) is 6.40. The Morgan fingerprint density at radius 3 is 2.21 bits per heavy atom. The molecule has 0 bridgehead atoms. The topological polar surface area (TPSA) is 59.3 Å². The fraction of sp³-hybridized carbons (Fsp3) is 0.387. The predicted molar refractivity (Wildman–Crippen MR) is 163 cm³/mol. The van der Waals surface area contributed by atoms with Crippen LogP contribution in [0.5, 0.6) is 5.75 Å². The zero-order valence-electron chi connectivity index (χ0n) is 23.9. The van der Waals surface area contributed by atoms with Gasteiger partial charge in [0.1, 0.15) is 5.75 Å². The van der Waals surface area contributed by atoms with Gasteiger partial charge in [-0.2, -0.15) is 17.9 Å². The molecule has 0 saturated carbocycles. The summed E-state index contributed by atoms with van der Waals surface area (Å²) in [5.41, 5.74) is 3.60. The summed E-state index contributed by atoms with van der Waals surface area (Å²) >= 11 is 0. The summed E-state index contributed by atoms with van der Waals surface area (Å²) in [6.07, 6.45) is -2.41. The Morgan fingerprint density at radius 1 is 0.953 bits per heavy atom. The minimum atomic E-state index is -4.67. The van der Waals surface area contributed by atoms with Gasteiger partial charge in [-0.1, -0.05) is 60.7 Å². The normalized spacial score (nSPS) is 20.7. The SMILES string of the molecule is COc1ccc(-n2nnnc2C(F)(F)F)cc1CN1CC(C(c2ccccc2)c2ccccc2)N2CCC[C@H]2C1C.Cl.Cl. The van der Waals surface area contributed by atoms with Crippen LogP contribution in [0.4, 0.5) is 13.2 Å². The monoisotopic (exact) mass is 634 g/mol. The fourth-order valence-electron chi connectivity index (χ4n) is 6.74. The standard InChI is InChI=1S/C31H33F3N6O.2ClH/c1-21-26-14-9-17-39(26)27(29(22-10-5-3-6-11-22)23-12-7-4-8-13-23)20-38(21)19-24-18-25(15-16-28(24)41-2)40-30(31(32,33)34)35-36-37-40;;/h3-8,10-13,15-16,18,21,26-27,29H,9,14,17,19-20H2,1-2H3;2*1H/t21?,26-,27?;;/m0../s1. The smallest absolute Gasteiger partial charge is 0.453 e. The molecule has 2 fully saturated rings. The van der Waals surface area contributed by atoms with Gasteiger partial charge in [-0.15, -0.1) is 29.9 Å². The van der Waals surface area contributed by atoms with Crippen molar-refractivity contribution < 1.29 is 17.9 Å². The molecule has 2 aliphatic rings. The number of aromatic nitrogens is 4. The largest absolute Gasteiger partial charge is 0.496 e. The first kappa shape index (κ1) is 32.7. The van der Waals surface area contributed by atoms with Crippen molar-refractivity contribution in [3.05, 3.63) is 101 Å². The first-order chi connectivity index (χ1) is 19.8. The molecule has 4 aromatic rings. The van der Waals surface area contributed by atoms with Crippen LogP contribution in [-0.4, -0.2) is 68.3 Å². The Hall–Kier alpha value is -3.18. The lowest BCUT2D eigenvalue weighted by Crippen LogP contribution is -2.62. The lowest BCUT2D eigenvalue weighted by Gasteiger charge is -2.51. The molecule has 2 unspecified atom stereocenters. The molecular weight excluding hydrogens is 600 g/mol. The number of fused-ring (bicyclic) bond motifs is 1. The molecule has 1 aromatic heterocycles. The number of halogens is 5. The molecule has 6 rings (SSSR count). The van der Waals surface area contributed by atoms with E-state index < -0.39 is 12.0 Å². The van der Waals surface area contributed by atoms with E-state index in [9.17, 15) is 13.2 Å². The summed E-state index contributed by atoms with van der Waals surface area (Å²) in [5.74, 6) is -0.359. The molecule has 0 radical (unpaired) electrons. The quantitative estimate of drug-likeness (QED) is 0.234. The zero-order valence-corrected chi connectivity index (χ0v) is 25.5. The number of nitrogens with zero attached hydrogens (tertiary/aromatic N) is 6. The molecule has 0 N–H and O–H groups in total. The van der Waals surface area contributed by atoms with Crippen LogP contribution in [0.1, 0.15) is 48.2 Å². The van der Waals surface area contributed by atoms with Crippen molar-refractivity contribution in [2.75, 3.05) is 20.2 Å². The van der Waals surface area contributed by atoms with Crippen LogP contribution >= 0.6 is 24.8 Å². The van der Waals surface area contributed by atoms with Crippen LogP contribution in [0.2, 0.25) is 0 Å². The molecule has 12 heteroatoms. The first-order valence-electron chi connectivity index (χ1n) is 14.0. The highest BCUT2D eigenvalue weighted by Crippen LogP contribution is 2.40. The number of rotatable bonds is 7. The second-order valence-corrected chi connectivity index (χ2v) is 10.9. The van der Waals surface area contributed by atoms with E-state index in [2.05, 4.69) is 80.8 Å². The Morgan fingerprint density at radius 2 is 1.60 bits per heavy atom. The van der Waals surface area contributed by atoms with Crippen LogP contribution in [0, 0.1) is 0 Å². The number of methoxy groups -OCH3 is 1. The van der Waals surface area contributed by atoms with Crippen LogP contribution in [0.25, 0.3) is 5.69 Å². The summed E-state index contributed by atoms with van der Waals surface area (Å²) in [6.45, 7) is 4.65. The lowest BCUT2D eigenvalue weighted by molar-refractivity contribution is -0.146. The highest BCUT2D eigenvalue weighted by atomic mass is 35.5. The van der Waals surface area contributed by atoms with Gasteiger partial charge in [0.15, 0.2) is 0 Å². The Labute approximate surface area is 261 Å². The van der Waals surface area contributed by atoms with E-state index in [1.54, 1.807) is 25.3 Å². The molecular formula is C31H35Cl2F3N6O. The molecule has 3 aromatic carbocycles. The molecule has 3 heterocycles. The van der Waals surface area contributed by atoms with E-state index >= 15 is 0 Å². The van der Waals surface area contributed by atoms with Crippen molar-refractivity contribution in [1.82, 2.24) is 30.0 Å². The Balaban J connectivity index is 0.00000212. The van der Waals surface area contributed by atoms with E-state index in [0.717, 1.165) is 36.2 Å². The maximum absolute atomic E-state index is 13.6. The van der Waals surface area contributed by atoms with Gasteiger partial charge in [0.2, 0.25) is 0 Å². The second-order valence-electron chi connectivity index (χ2n) is 10.9. The average Bonchev–Trinajstić information content (AvgIpc) is 3.68. The van der Waals surface area contributed by atoms with E-state index in [1.165, 1.54) is 11.1 Å². The summed E-state index contributed by atoms with van der Waals surface area (Å²) in [6, 6.07) is 27.2. The third kappa shape index (κ3) is 6.52. The molecule has 230 valence electrons. The van der Waals surface area contributed by atoms with Crippen LogP contribution in [0.3, 0.4) is 0 Å². The molecule has 0 amide bonds. The zero-order chi connectivity index (χ0) is 28.6. The molecule has 43 heavy (non-hydrogen) atoms. The van der Waals surface area contributed by atoms with Crippen LogP contribution in [-0.2, 0) is 12.7 Å². The van der Waals surface area contributed by atoms with Crippen molar-refractivity contribution >= 4 is 24.8 Å². The third-order valence-corrected chi connectivity index (χ3v) is 8.63. The van der Waals surface area contributed by atoms with Gasteiger partial charge >= 0.3 is 6.18 Å². The van der Waals surface area contributed by atoms with E-state index in [-0.39, 0.29) is 48.5 Å². The highest BCUT2D eigenvalue weighted by molar-refractivity contribution is 5.85. The van der Waals surface area contributed by atoms with E-state index in [4.69, 9.17) is 4.74 Å². The highest BCUT2D eigenvalue weighted by Gasteiger charge is 2.45. The number of ether oxygens (including phenoxy) is 1. The molecule has 3 atom stereocenters. The molecule has 2 saturated heterocycles. The molecule has 2 aliphatic heterocycles. The number of hydrogen-bond acceptors (Lipinski definition) is 6. The summed E-state index contributed by atoms with van der Waals surface area (Å²) in [4.78, 5) is 5.15. The van der Waals surface area contributed by atoms with Gasteiger partial charge in [0.25, 0.3) is 5.82 Å². The van der Waals surface area contributed by atoms with Crippen LogP contribution < -0.4 is 4.74 Å². The summed E-state index contributed by atoms with van der Waals surface area (Å²) in [7, 11) is 1.58. The molecule has 0 aliphatic carbocycles. The number of piperazine rings is 1. The minimum Gasteiger partial charge on any atom is -0.496 e. The number of alkyl halides is 3. The lowest BCUT2D eigenvalue weighted by atomic mass is 9.81. The Bertz CT molecular complexity index is 1430.